The molecule has 1 saturated heterocycles. The van der Waals surface area contributed by atoms with Crippen molar-refractivity contribution in [1.82, 2.24) is 14.9 Å². The number of benzene rings is 1. The van der Waals surface area contributed by atoms with Crippen LogP contribution in [0.5, 0.6) is 11.6 Å². The van der Waals surface area contributed by atoms with E-state index in [2.05, 4.69) is 4.90 Å². The van der Waals surface area contributed by atoms with Gasteiger partial charge in [-0.2, -0.15) is 4.98 Å². The van der Waals surface area contributed by atoms with E-state index in [4.69, 9.17) is 31.0 Å². The van der Waals surface area contributed by atoms with Gasteiger partial charge < -0.3 is 9.47 Å². The fourth-order valence-electron chi connectivity index (χ4n) is 3.76. The maximum atomic E-state index is 13.5. The van der Waals surface area contributed by atoms with Crippen molar-refractivity contribution in [3.8, 4) is 11.6 Å². The number of ether oxygens (including phenoxy) is 2. The molecule has 0 atom stereocenters. The highest BCUT2D eigenvalue weighted by Crippen LogP contribution is 2.41. The quantitative estimate of drug-likeness (QED) is 0.618. The fourth-order valence-corrected chi connectivity index (χ4v) is 5.20. The lowest BCUT2D eigenvalue weighted by atomic mass is 10.2. The van der Waals surface area contributed by atoms with Crippen LogP contribution in [0.4, 0.5) is 4.39 Å². The van der Waals surface area contributed by atoms with Crippen LogP contribution in [0.15, 0.2) is 18.2 Å². The number of hydrogen-bond donors (Lipinski definition) is 0. The Hall–Kier alpha value is -1.80. The third kappa shape index (κ3) is 3.48. The van der Waals surface area contributed by atoms with Crippen molar-refractivity contribution in [2.45, 2.75) is 25.8 Å². The number of rotatable bonds is 4. The van der Waals surface area contributed by atoms with Crippen LogP contribution in [0.3, 0.4) is 0 Å². The van der Waals surface area contributed by atoms with Crippen LogP contribution in [0, 0.1) is 5.82 Å². The van der Waals surface area contributed by atoms with Crippen LogP contribution in [-0.4, -0.2) is 41.2 Å². The SMILES string of the molecule is Fc1ccc(Oc2nc(CN3CCOCC3)nc3sc4c(c23)CCC4)cc1Cl. The van der Waals surface area contributed by atoms with Crippen molar-refractivity contribution in [1.29, 1.82) is 0 Å². The number of aromatic nitrogens is 2. The Balaban J connectivity index is 1.54. The summed E-state index contributed by atoms with van der Waals surface area (Å²) in [7, 11) is 0. The van der Waals surface area contributed by atoms with Crippen molar-refractivity contribution >= 4 is 33.2 Å². The average Bonchev–Trinajstić information content (AvgIpc) is 3.26. The predicted molar refractivity (Wildman–Crippen MR) is 107 cm³/mol. The van der Waals surface area contributed by atoms with Crippen LogP contribution in [-0.2, 0) is 24.1 Å². The second-order valence-electron chi connectivity index (χ2n) is 7.05. The van der Waals surface area contributed by atoms with E-state index in [-0.39, 0.29) is 5.02 Å². The van der Waals surface area contributed by atoms with Gasteiger partial charge in [-0.3, -0.25) is 4.90 Å². The van der Waals surface area contributed by atoms with Crippen LogP contribution in [0.1, 0.15) is 22.7 Å². The Labute approximate surface area is 171 Å². The number of halogens is 2. The fraction of sp³-hybridized carbons (Fsp3) is 0.400. The van der Waals surface area contributed by atoms with Crippen LogP contribution in [0.25, 0.3) is 10.2 Å². The van der Waals surface area contributed by atoms with Crippen molar-refractivity contribution in [3.63, 3.8) is 0 Å². The summed E-state index contributed by atoms with van der Waals surface area (Å²) >= 11 is 7.66. The van der Waals surface area contributed by atoms with Gasteiger partial charge in [0.05, 0.1) is 30.2 Å². The molecule has 8 heteroatoms. The molecule has 3 aromatic rings. The van der Waals surface area contributed by atoms with Crippen molar-refractivity contribution in [2.75, 3.05) is 26.3 Å². The first-order valence-corrected chi connectivity index (χ1v) is 10.6. The Morgan fingerprint density at radius 2 is 2.07 bits per heavy atom. The van der Waals surface area contributed by atoms with Gasteiger partial charge in [-0.05, 0) is 37.0 Å². The zero-order chi connectivity index (χ0) is 19.1. The zero-order valence-electron chi connectivity index (χ0n) is 15.2. The lowest BCUT2D eigenvalue weighted by molar-refractivity contribution is 0.0330. The second-order valence-corrected chi connectivity index (χ2v) is 8.54. The molecule has 2 aliphatic rings. The second kappa shape index (κ2) is 7.55. The minimum Gasteiger partial charge on any atom is -0.438 e. The van der Waals surface area contributed by atoms with Gasteiger partial charge in [0.1, 0.15) is 22.2 Å². The summed E-state index contributed by atoms with van der Waals surface area (Å²) in [4.78, 5) is 14.2. The molecule has 0 bridgehead atoms. The van der Waals surface area contributed by atoms with Crippen molar-refractivity contribution < 1.29 is 13.9 Å². The van der Waals surface area contributed by atoms with Gasteiger partial charge in [0.2, 0.25) is 5.88 Å². The minimum atomic E-state index is -0.466. The highest BCUT2D eigenvalue weighted by atomic mass is 35.5. The Morgan fingerprint density at radius 3 is 2.89 bits per heavy atom. The molecule has 5 rings (SSSR count). The van der Waals surface area contributed by atoms with E-state index in [9.17, 15) is 4.39 Å². The number of fused-ring (bicyclic) bond motifs is 3. The lowest BCUT2D eigenvalue weighted by Crippen LogP contribution is -2.36. The first-order valence-electron chi connectivity index (χ1n) is 9.41. The summed E-state index contributed by atoms with van der Waals surface area (Å²) in [5, 5.41) is 1.02. The number of aryl methyl sites for hydroxylation is 2. The Kier molecular flexibility index (Phi) is 4.92. The average molecular weight is 420 g/mol. The maximum absolute atomic E-state index is 13.5. The third-order valence-electron chi connectivity index (χ3n) is 5.15. The molecule has 1 aliphatic carbocycles. The summed E-state index contributed by atoms with van der Waals surface area (Å²) in [6.07, 6.45) is 3.24. The molecule has 0 saturated carbocycles. The van der Waals surface area contributed by atoms with E-state index < -0.39 is 5.82 Å². The van der Waals surface area contributed by atoms with Gasteiger partial charge in [-0.1, -0.05) is 11.6 Å². The normalized spacial score (nSPS) is 17.2. The molecule has 1 aromatic carbocycles. The van der Waals surface area contributed by atoms with Crippen molar-refractivity contribution in [3.05, 3.63) is 45.3 Å². The molecular weight excluding hydrogens is 401 g/mol. The third-order valence-corrected chi connectivity index (χ3v) is 6.63. The number of thiophene rings is 1. The summed E-state index contributed by atoms with van der Waals surface area (Å²) in [5.74, 6) is 1.28. The summed E-state index contributed by atoms with van der Waals surface area (Å²) in [5.41, 5.74) is 1.29. The molecule has 0 unspecified atom stereocenters. The molecule has 2 aromatic heterocycles. The molecule has 3 heterocycles. The van der Waals surface area contributed by atoms with E-state index in [0.717, 1.165) is 61.6 Å². The molecule has 1 aliphatic heterocycles. The Morgan fingerprint density at radius 1 is 1.21 bits per heavy atom. The molecule has 0 radical (unpaired) electrons. The van der Waals surface area contributed by atoms with E-state index in [1.165, 1.54) is 22.6 Å². The smallest absolute Gasteiger partial charge is 0.231 e. The topological polar surface area (TPSA) is 47.5 Å². The van der Waals surface area contributed by atoms with Crippen LogP contribution >= 0.6 is 22.9 Å². The van der Waals surface area contributed by atoms with E-state index in [1.54, 1.807) is 17.4 Å². The summed E-state index contributed by atoms with van der Waals surface area (Å²) in [6.45, 7) is 3.85. The molecular formula is C20H19ClFN3O2S. The largest absolute Gasteiger partial charge is 0.438 e. The monoisotopic (exact) mass is 419 g/mol. The first kappa shape index (κ1) is 18.2. The van der Waals surface area contributed by atoms with E-state index in [0.29, 0.717) is 18.2 Å². The van der Waals surface area contributed by atoms with Gasteiger partial charge in [-0.25, -0.2) is 9.37 Å². The Bertz CT molecular complexity index is 1040. The zero-order valence-corrected chi connectivity index (χ0v) is 16.8. The predicted octanol–water partition coefficient (Wildman–Crippen LogP) is 4.60. The van der Waals surface area contributed by atoms with Crippen LogP contribution in [0.2, 0.25) is 5.02 Å². The van der Waals surface area contributed by atoms with Crippen molar-refractivity contribution in [2.24, 2.45) is 0 Å². The minimum absolute atomic E-state index is 0.0342. The number of hydrogen-bond acceptors (Lipinski definition) is 6. The highest BCUT2D eigenvalue weighted by molar-refractivity contribution is 7.19. The molecule has 28 heavy (non-hydrogen) atoms. The molecule has 5 nitrogen and oxygen atoms in total. The van der Waals surface area contributed by atoms with Gasteiger partial charge in [0.25, 0.3) is 0 Å². The molecule has 0 amide bonds. The standard InChI is InChI=1S/C20H19ClFN3O2S/c21-14-10-12(4-5-15(14)22)27-19-18-13-2-1-3-16(13)28-20(18)24-17(23-19)11-25-6-8-26-9-7-25/h4-5,10H,1-3,6-9,11H2. The first-order chi connectivity index (χ1) is 13.7. The highest BCUT2D eigenvalue weighted by Gasteiger charge is 2.24. The molecule has 0 spiro atoms. The van der Waals surface area contributed by atoms with E-state index >= 15 is 0 Å². The lowest BCUT2D eigenvalue weighted by Gasteiger charge is -2.25. The van der Waals surface area contributed by atoms with Gasteiger partial charge in [0.15, 0.2) is 0 Å². The summed E-state index contributed by atoms with van der Waals surface area (Å²) < 4.78 is 25.0. The maximum Gasteiger partial charge on any atom is 0.231 e. The van der Waals surface area contributed by atoms with E-state index in [1.807, 2.05) is 0 Å². The van der Waals surface area contributed by atoms with Gasteiger partial charge in [0, 0.05) is 24.0 Å². The van der Waals surface area contributed by atoms with Crippen LogP contribution < -0.4 is 4.74 Å². The molecule has 0 N–H and O–H groups in total. The molecule has 1 fully saturated rings. The number of nitrogens with zero attached hydrogens (tertiary/aromatic N) is 3. The van der Waals surface area contributed by atoms with Gasteiger partial charge in [-0.15, -0.1) is 11.3 Å². The van der Waals surface area contributed by atoms with Gasteiger partial charge >= 0.3 is 0 Å². The number of morpholine rings is 1. The molecule has 146 valence electrons. The summed E-state index contributed by atoms with van der Waals surface area (Å²) in [6, 6.07) is 4.37.